The van der Waals surface area contributed by atoms with Gasteiger partial charge in [-0.1, -0.05) is 13.8 Å². The summed E-state index contributed by atoms with van der Waals surface area (Å²) in [7, 11) is 1.71. The highest BCUT2D eigenvalue weighted by Crippen LogP contribution is 2.27. The first-order chi connectivity index (χ1) is 8.38. The SMILES string of the molecule is COC(C)(C)/C(=C/C(=O)C(C)C)N1CCCCC1. The molecule has 0 amide bonds. The quantitative estimate of drug-likeness (QED) is 0.705. The Morgan fingerprint density at radius 3 is 2.22 bits per heavy atom. The van der Waals surface area contributed by atoms with E-state index in [1.165, 1.54) is 19.3 Å². The molecule has 3 heteroatoms. The van der Waals surface area contributed by atoms with Crippen LogP contribution < -0.4 is 0 Å². The van der Waals surface area contributed by atoms with Crippen molar-refractivity contribution in [3.05, 3.63) is 11.8 Å². The molecule has 0 spiro atoms. The number of hydrogen-bond acceptors (Lipinski definition) is 3. The molecule has 1 aliphatic rings. The molecule has 0 aliphatic carbocycles. The summed E-state index contributed by atoms with van der Waals surface area (Å²) in [6.07, 6.45) is 5.48. The van der Waals surface area contributed by atoms with E-state index in [4.69, 9.17) is 4.74 Å². The molecule has 3 nitrogen and oxygen atoms in total. The van der Waals surface area contributed by atoms with Crippen LogP contribution in [-0.2, 0) is 9.53 Å². The standard InChI is InChI=1S/C15H27NO2/c1-12(2)13(17)11-14(15(3,4)18-5)16-9-7-6-8-10-16/h11-12H,6-10H2,1-5H3/b14-11-. The van der Waals surface area contributed by atoms with Crippen molar-refractivity contribution < 1.29 is 9.53 Å². The van der Waals surface area contributed by atoms with E-state index >= 15 is 0 Å². The number of ketones is 1. The van der Waals surface area contributed by atoms with E-state index in [1.54, 1.807) is 13.2 Å². The summed E-state index contributed by atoms with van der Waals surface area (Å²) in [4.78, 5) is 14.3. The molecule has 1 saturated heterocycles. The van der Waals surface area contributed by atoms with Crippen LogP contribution in [-0.4, -0.2) is 36.5 Å². The maximum Gasteiger partial charge on any atom is 0.160 e. The lowest BCUT2D eigenvalue weighted by atomic mass is 9.97. The summed E-state index contributed by atoms with van der Waals surface area (Å²) in [6, 6.07) is 0. The van der Waals surface area contributed by atoms with E-state index in [1.807, 2.05) is 27.7 Å². The Labute approximate surface area is 111 Å². The third-order valence-corrected chi connectivity index (χ3v) is 3.67. The molecule has 1 rings (SSSR count). The van der Waals surface area contributed by atoms with Gasteiger partial charge in [0.25, 0.3) is 0 Å². The number of piperidine rings is 1. The average molecular weight is 253 g/mol. The van der Waals surface area contributed by atoms with Gasteiger partial charge in [0.05, 0.1) is 0 Å². The van der Waals surface area contributed by atoms with Gasteiger partial charge in [0.2, 0.25) is 0 Å². The lowest BCUT2D eigenvalue weighted by Crippen LogP contribution is -2.41. The number of carbonyl (C=O) groups excluding carboxylic acids is 1. The van der Waals surface area contributed by atoms with E-state index in [9.17, 15) is 4.79 Å². The van der Waals surface area contributed by atoms with Gasteiger partial charge in [-0.2, -0.15) is 0 Å². The Kier molecular flexibility index (Phi) is 5.39. The van der Waals surface area contributed by atoms with E-state index in [-0.39, 0.29) is 11.7 Å². The van der Waals surface area contributed by atoms with Gasteiger partial charge in [-0.25, -0.2) is 0 Å². The first kappa shape index (κ1) is 15.2. The molecule has 0 radical (unpaired) electrons. The zero-order valence-electron chi connectivity index (χ0n) is 12.5. The normalized spacial score (nSPS) is 18.3. The number of rotatable bonds is 5. The van der Waals surface area contributed by atoms with E-state index in [0.717, 1.165) is 18.8 Å². The highest BCUT2D eigenvalue weighted by atomic mass is 16.5. The van der Waals surface area contributed by atoms with E-state index in [2.05, 4.69) is 4.90 Å². The average Bonchev–Trinajstić information content (AvgIpc) is 2.36. The molecule has 0 bridgehead atoms. The Morgan fingerprint density at radius 1 is 1.22 bits per heavy atom. The summed E-state index contributed by atoms with van der Waals surface area (Å²) in [5.74, 6) is 0.221. The maximum atomic E-state index is 12.0. The zero-order chi connectivity index (χ0) is 13.8. The van der Waals surface area contributed by atoms with Gasteiger partial charge < -0.3 is 9.64 Å². The number of ether oxygens (including phenoxy) is 1. The monoisotopic (exact) mass is 253 g/mol. The smallest absolute Gasteiger partial charge is 0.160 e. The Bertz CT molecular complexity index is 312. The van der Waals surface area contributed by atoms with Crippen LogP contribution >= 0.6 is 0 Å². The van der Waals surface area contributed by atoms with Crippen LogP contribution in [0.2, 0.25) is 0 Å². The fraction of sp³-hybridized carbons (Fsp3) is 0.800. The first-order valence-corrected chi connectivity index (χ1v) is 6.94. The van der Waals surface area contributed by atoms with Gasteiger partial charge in [-0.3, -0.25) is 4.79 Å². The van der Waals surface area contributed by atoms with Crippen molar-refractivity contribution in [2.45, 2.75) is 52.6 Å². The topological polar surface area (TPSA) is 29.5 Å². The van der Waals surface area contributed by atoms with Gasteiger partial charge in [-0.15, -0.1) is 0 Å². The molecule has 1 fully saturated rings. The molecule has 0 N–H and O–H groups in total. The third-order valence-electron chi connectivity index (χ3n) is 3.67. The molecule has 0 unspecified atom stereocenters. The second-order valence-electron chi connectivity index (χ2n) is 5.85. The molecule has 0 aromatic heterocycles. The minimum absolute atomic E-state index is 0.0393. The third kappa shape index (κ3) is 3.84. The fourth-order valence-corrected chi connectivity index (χ4v) is 2.19. The van der Waals surface area contributed by atoms with Crippen molar-refractivity contribution in [1.29, 1.82) is 0 Å². The molecule has 1 heterocycles. The van der Waals surface area contributed by atoms with Gasteiger partial charge in [0.15, 0.2) is 5.78 Å². The van der Waals surface area contributed by atoms with Gasteiger partial charge >= 0.3 is 0 Å². The van der Waals surface area contributed by atoms with Crippen molar-refractivity contribution in [2.75, 3.05) is 20.2 Å². The lowest BCUT2D eigenvalue weighted by Gasteiger charge is -2.38. The summed E-state index contributed by atoms with van der Waals surface area (Å²) in [5.41, 5.74) is 0.630. The van der Waals surface area contributed by atoms with Gasteiger partial charge in [0.1, 0.15) is 5.60 Å². The van der Waals surface area contributed by atoms with Gasteiger partial charge in [-0.05, 0) is 33.1 Å². The van der Waals surface area contributed by atoms with Crippen LogP contribution in [0.25, 0.3) is 0 Å². The summed E-state index contributed by atoms with van der Waals surface area (Å²) < 4.78 is 5.57. The van der Waals surface area contributed by atoms with Crippen LogP contribution in [0.4, 0.5) is 0 Å². The van der Waals surface area contributed by atoms with Crippen LogP contribution in [0.15, 0.2) is 11.8 Å². The number of likely N-dealkylation sites (tertiary alicyclic amines) is 1. The predicted molar refractivity (Wildman–Crippen MR) is 74.4 cm³/mol. The van der Waals surface area contributed by atoms with E-state index in [0.29, 0.717) is 0 Å². The highest BCUT2D eigenvalue weighted by molar-refractivity contribution is 5.92. The molecule has 18 heavy (non-hydrogen) atoms. The van der Waals surface area contributed by atoms with Crippen molar-refractivity contribution in [1.82, 2.24) is 4.90 Å². The minimum atomic E-state index is -0.401. The zero-order valence-corrected chi connectivity index (χ0v) is 12.5. The molecule has 0 aromatic carbocycles. The number of hydrogen-bond donors (Lipinski definition) is 0. The molecule has 1 aliphatic heterocycles. The second kappa shape index (κ2) is 6.37. The van der Waals surface area contributed by atoms with Crippen LogP contribution in [0.1, 0.15) is 47.0 Å². The minimum Gasteiger partial charge on any atom is -0.373 e. The molecular weight excluding hydrogens is 226 g/mol. The Hall–Kier alpha value is -0.830. The second-order valence-corrected chi connectivity index (χ2v) is 5.85. The van der Waals surface area contributed by atoms with Crippen LogP contribution in [0.3, 0.4) is 0 Å². The number of carbonyl (C=O) groups is 1. The van der Waals surface area contributed by atoms with Gasteiger partial charge in [0, 0.05) is 37.9 Å². The molecule has 0 aromatic rings. The summed E-state index contributed by atoms with van der Waals surface area (Å²) in [6.45, 7) is 10.00. The molecule has 0 saturated carbocycles. The highest BCUT2D eigenvalue weighted by Gasteiger charge is 2.29. The lowest BCUT2D eigenvalue weighted by molar-refractivity contribution is -0.117. The van der Waals surface area contributed by atoms with Crippen molar-refractivity contribution in [2.24, 2.45) is 5.92 Å². The fourth-order valence-electron chi connectivity index (χ4n) is 2.19. The Morgan fingerprint density at radius 2 is 1.78 bits per heavy atom. The summed E-state index contributed by atoms with van der Waals surface area (Å²) in [5, 5.41) is 0. The number of allylic oxidation sites excluding steroid dienone is 1. The maximum absolute atomic E-state index is 12.0. The van der Waals surface area contributed by atoms with Crippen LogP contribution in [0.5, 0.6) is 0 Å². The summed E-state index contributed by atoms with van der Waals surface area (Å²) >= 11 is 0. The predicted octanol–water partition coefficient (Wildman–Crippen LogP) is 3.01. The van der Waals surface area contributed by atoms with Crippen molar-refractivity contribution >= 4 is 5.78 Å². The first-order valence-electron chi connectivity index (χ1n) is 6.94. The number of methoxy groups -OCH3 is 1. The number of nitrogens with zero attached hydrogens (tertiary/aromatic N) is 1. The largest absolute Gasteiger partial charge is 0.373 e. The Balaban J connectivity index is 2.97. The molecule has 0 atom stereocenters. The van der Waals surface area contributed by atoms with Crippen LogP contribution in [0, 0.1) is 5.92 Å². The molecule has 104 valence electrons. The van der Waals surface area contributed by atoms with Crippen molar-refractivity contribution in [3.63, 3.8) is 0 Å². The molecular formula is C15H27NO2. The van der Waals surface area contributed by atoms with E-state index < -0.39 is 5.60 Å². The van der Waals surface area contributed by atoms with Crippen molar-refractivity contribution in [3.8, 4) is 0 Å².